The smallest absolute Gasteiger partial charge is 0.269 e. The Labute approximate surface area is 118 Å². The number of aromatic nitrogens is 1. The highest BCUT2D eigenvalue weighted by Crippen LogP contribution is 2.03. The van der Waals surface area contributed by atoms with Crippen molar-refractivity contribution in [2.24, 2.45) is 0 Å². The van der Waals surface area contributed by atoms with Gasteiger partial charge in [-0.05, 0) is 31.0 Å². The van der Waals surface area contributed by atoms with E-state index in [1.54, 1.807) is 12.1 Å². The van der Waals surface area contributed by atoms with Crippen molar-refractivity contribution < 1.29 is 4.79 Å². The number of hydrogen-bond donors (Lipinski definition) is 1. The monoisotopic (exact) mass is 265 g/mol. The fraction of sp³-hybridized carbons (Fsp3) is 0.188. The van der Waals surface area contributed by atoms with Crippen LogP contribution in [0.1, 0.15) is 27.2 Å². The Hall–Kier alpha value is -2.67. The van der Waals surface area contributed by atoms with E-state index in [9.17, 15) is 4.79 Å². The highest BCUT2D eigenvalue weighted by molar-refractivity contribution is 5.92. The molecule has 4 nitrogen and oxygen atoms in total. The molecule has 1 N–H and O–H groups in total. The Morgan fingerprint density at radius 2 is 2.00 bits per heavy atom. The standard InChI is InChI=1S/C16H15N3O/c1-12-2-4-13(5-3-12)8-9-18-16(20)15-7-6-14(10-17)11-19-15/h2-7,11H,8-9H2,1H3,(H,18,20). The number of rotatable bonds is 4. The topological polar surface area (TPSA) is 65.8 Å². The van der Waals surface area contributed by atoms with Crippen LogP contribution in [-0.2, 0) is 6.42 Å². The largest absolute Gasteiger partial charge is 0.350 e. The maximum absolute atomic E-state index is 11.8. The lowest BCUT2D eigenvalue weighted by molar-refractivity contribution is 0.0949. The van der Waals surface area contributed by atoms with Gasteiger partial charge < -0.3 is 5.32 Å². The Morgan fingerprint density at radius 1 is 1.25 bits per heavy atom. The van der Waals surface area contributed by atoms with Gasteiger partial charge >= 0.3 is 0 Å². The van der Waals surface area contributed by atoms with E-state index in [-0.39, 0.29) is 5.91 Å². The molecule has 1 amide bonds. The molecule has 1 aromatic heterocycles. The summed E-state index contributed by atoms with van der Waals surface area (Å²) in [6, 6.07) is 13.3. The van der Waals surface area contributed by atoms with E-state index in [2.05, 4.69) is 34.6 Å². The minimum absolute atomic E-state index is 0.221. The lowest BCUT2D eigenvalue weighted by atomic mass is 10.1. The number of carbonyl (C=O) groups is 1. The Balaban J connectivity index is 1.85. The molecule has 100 valence electrons. The summed E-state index contributed by atoms with van der Waals surface area (Å²) in [7, 11) is 0. The molecular formula is C16H15N3O. The molecule has 0 aliphatic heterocycles. The molecule has 0 spiro atoms. The zero-order chi connectivity index (χ0) is 14.4. The summed E-state index contributed by atoms with van der Waals surface area (Å²) < 4.78 is 0. The maximum Gasteiger partial charge on any atom is 0.269 e. The Bertz CT molecular complexity index is 624. The molecule has 0 saturated heterocycles. The van der Waals surface area contributed by atoms with Crippen LogP contribution in [-0.4, -0.2) is 17.4 Å². The average molecular weight is 265 g/mol. The molecule has 0 fully saturated rings. The normalized spacial score (nSPS) is 9.80. The van der Waals surface area contributed by atoms with Crippen LogP contribution in [0.25, 0.3) is 0 Å². The first kappa shape index (κ1) is 13.8. The molecule has 1 aromatic carbocycles. The first-order valence-corrected chi connectivity index (χ1v) is 6.39. The van der Waals surface area contributed by atoms with Crippen molar-refractivity contribution in [3.63, 3.8) is 0 Å². The van der Waals surface area contributed by atoms with Crippen LogP contribution in [0.15, 0.2) is 42.6 Å². The molecule has 2 rings (SSSR count). The third kappa shape index (κ3) is 3.66. The Kier molecular flexibility index (Phi) is 4.46. The minimum Gasteiger partial charge on any atom is -0.350 e. The molecule has 0 atom stereocenters. The van der Waals surface area contributed by atoms with Crippen LogP contribution in [0.4, 0.5) is 0 Å². The zero-order valence-corrected chi connectivity index (χ0v) is 11.3. The van der Waals surface area contributed by atoms with Gasteiger partial charge in [0, 0.05) is 12.7 Å². The van der Waals surface area contributed by atoms with Gasteiger partial charge in [-0.15, -0.1) is 0 Å². The third-order valence-electron chi connectivity index (χ3n) is 2.95. The first-order valence-electron chi connectivity index (χ1n) is 6.39. The highest BCUT2D eigenvalue weighted by Gasteiger charge is 2.06. The number of amides is 1. The third-order valence-corrected chi connectivity index (χ3v) is 2.95. The molecule has 20 heavy (non-hydrogen) atoms. The predicted octanol–water partition coefficient (Wildman–Crippen LogP) is 2.23. The summed E-state index contributed by atoms with van der Waals surface area (Å²) in [5.41, 5.74) is 3.18. The van der Waals surface area contributed by atoms with Crippen LogP contribution in [0.3, 0.4) is 0 Å². The highest BCUT2D eigenvalue weighted by atomic mass is 16.1. The van der Waals surface area contributed by atoms with Gasteiger partial charge in [-0.2, -0.15) is 5.26 Å². The molecule has 0 unspecified atom stereocenters. The second kappa shape index (κ2) is 6.48. The van der Waals surface area contributed by atoms with Gasteiger partial charge in [0.05, 0.1) is 5.56 Å². The lowest BCUT2D eigenvalue weighted by Crippen LogP contribution is -2.26. The van der Waals surface area contributed by atoms with E-state index >= 15 is 0 Å². The van der Waals surface area contributed by atoms with Crippen molar-refractivity contribution in [3.8, 4) is 6.07 Å². The molecule has 2 aromatic rings. The SMILES string of the molecule is Cc1ccc(CCNC(=O)c2ccc(C#N)cn2)cc1. The van der Waals surface area contributed by atoms with Gasteiger partial charge in [-0.25, -0.2) is 4.98 Å². The van der Waals surface area contributed by atoms with Crippen molar-refractivity contribution in [1.82, 2.24) is 10.3 Å². The van der Waals surface area contributed by atoms with Crippen LogP contribution in [0.2, 0.25) is 0 Å². The van der Waals surface area contributed by atoms with E-state index in [1.807, 2.05) is 13.0 Å². The van der Waals surface area contributed by atoms with Crippen molar-refractivity contribution in [2.45, 2.75) is 13.3 Å². The summed E-state index contributed by atoms with van der Waals surface area (Å²) in [5, 5.41) is 11.5. The average Bonchev–Trinajstić information content (AvgIpc) is 2.49. The van der Waals surface area contributed by atoms with Gasteiger partial charge in [-0.3, -0.25) is 4.79 Å². The van der Waals surface area contributed by atoms with Gasteiger partial charge in [0.15, 0.2) is 0 Å². The molecule has 0 bridgehead atoms. The number of nitrogens with zero attached hydrogens (tertiary/aromatic N) is 2. The number of nitrogens with one attached hydrogen (secondary N) is 1. The summed E-state index contributed by atoms with van der Waals surface area (Å²) in [4.78, 5) is 15.8. The molecule has 0 aliphatic carbocycles. The van der Waals surface area contributed by atoms with Crippen molar-refractivity contribution in [2.75, 3.05) is 6.54 Å². The van der Waals surface area contributed by atoms with Crippen LogP contribution in [0.5, 0.6) is 0 Å². The molecule has 0 radical (unpaired) electrons. The summed E-state index contributed by atoms with van der Waals surface area (Å²) in [6.45, 7) is 2.60. The first-order chi connectivity index (χ1) is 9.69. The summed E-state index contributed by atoms with van der Waals surface area (Å²) >= 11 is 0. The van der Waals surface area contributed by atoms with E-state index in [4.69, 9.17) is 5.26 Å². The quantitative estimate of drug-likeness (QED) is 0.922. The maximum atomic E-state index is 11.8. The zero-order valence-electron chi connectivity index (χ0n) is 11.3. The predicted molar refractivity (Wildman–Crippen MR) is 76.2 cm³/mol. The number of carbonyl (C=O) groups excluding carboxylic acids is 1. The molecule has 1 heterocycles. The molecule has 0 aliphatic rings. The minimum atomic E-state index is -0.221. The Morgan fingerprint density at radius 3 is 2.60 bits per heavy atom. The molecule has 4 heteroatoms. The van der Waals surface area contributed by atoms with Crippen LogP contribution < -0.4 is 5.32 Å². The van der Waals surface area contributed by atoms with E-state index < -0.39 is 0 Å². The number of hydrogen-bond acceptors (Lipinski definition) is 3. The van der Waals surface area contributed by atoms with Crippen LogP contribution >= 0.6 is 0 Å². The number of benzene rings is 1. The fourth-order valence-corrected chi connectivity index (χ4v) is 1.76. The van der Waals surface area contributed by atoms with Crippen molar-refractivity contribution in [3.05, 3.63) is 65.0 Å². The summed E-state index contributed by atoms with van der Waals surface area (Å²) in [5.74, 6) is -0.221. The van der Waals surface area contributed by atoms with E-state index in [1.165, 1.54) is 17.3 Å². The van der Waals surface area contributed by atoms with Crippen molar-refractivity contribution >= 4 is 5.91 Å². The number of pyridine rings is 1. The van der Waals surface area contributed by atoms with Gasteiger partial charge in [0.1, 0.15) is 11.8 Å². The molecular weight excluding hydrogens is 250 g/mol. The van der Waals surface area contributed by atoms with Gasteiger partial charge in [0.2, 0.25) is 0 Å². The van der Waals surface area contributed by atoms with E-state index in [0.717, 1.165) is 6.42 Å². The number of aryl methyl sites for hydroxylation is 1. The second-order valence-electron chi connectivity index (χ2n) is 4.54. The van der Waals surface area contributed by atoms with Crippen molar-refractivity contribution in [1.29, 1.82) is 5.26 Å². The molecule has 0 saturated carbocycles. The van der Waals surface area contributed by atoms with Gasteiger partial charge in [0.25, 0.3) is 5.91 Å². The van der Waals surface area contributed by atoms with Gasteiger partial charge in [-0.1, -0.05) is 29.8 Å². The summed E-state index contributed by atoms with van der Waals surface area (Å²) in [6.07, 6.45) is 2.18. The lowest BCUT2D eigenvalue weighted by Gasteiger charge is -2.05. The van der Waals surface area contributed by atoms with E-state index in [0.29, 0.717) is 17.8 Å². The second-order valence-corrected chi connectivity index (χ2v) is 4.54. The fourth-order valence-electron chi connectivity index (χ4n) is 1.76. The van der Waals surface area contributed by atoms with Crippen LogP contribution in [0, 0.1) is 18.3 Å². The number of nitriles is 1.